The third kappa shape index (κ3) is 4.89. The monoisotopic (exact) mass is 317 g/mol. The Morgan fingerprint density at radius 3 is 2.44 bits per heavy atom. The second-order valence-corrected chi connectivity index (χ2v) is 10.4. The van der Waals surface area contributed by atoms with Crippen molar-refractivity contribution in [3.63, 3.8) is 0 Å². The van der Waals surface area contributed by atoms with Crippen molar-refractivity contribution in [2.45, 2.75) is 6.92 Å². The van der Waals surface area contributed by atoms with Crippen molar-refractivity contribution in [2.75, 3.05) is 0 Å². The average Bonchev–Trinajstić information content (AvgIpc) is 2.45. The van der Waals surface area contributed by atoms with Crippen LogP contribution in [0.5, 0.6) is 0 Å². The number of nitrogens with one attached hydrogen (secondary N) is 1. The zero-order valence-corrected chi connectivity index (χ0v) is 12.0. The minimum Gasteiger partial charge on any atom is -0.277 e. The Hall–Kier alpha value is 0.01000. The number of benzene rings is 1. The highest BCUT2D eigenvalue weighted by Crippen LogP contribution is 2.61. The van der Waals surface area contributed by atoms with E-state index in [1.54, 1.807) is 0 Å². The van der Waals surface area contributed by atoms with Gasteiger partial charge in [-0.15, -0.1) is 0 Å². The van der Waals surface area contributed by atoms with Crippen LogP contribution in [0.2, 0.25) is 0 Å². The molecule has 0 aliphatic carbocycles. The summed E-state index contributed by atoms with van der Waals surface area (Å²) in [7, 11) is 0. The second kappa shape index (κ2) is 5.56. The van der Waals surface area contributed by atoms with Gasteiger partial charge in [0.05, 0.1) is 10.1 Å². The molecule has 0 unspecified atom stereocenters. The topological polar surface area (TPSA) is 49.9 Å². The smallest absolute Gasteiger partial charge is 0.277 e. The van der Waals surface area contributed by atoms with E-state index in [-0.39, 0.29) is 5.56 Å². The summed E-state index contributed by atoms with van der Waals surface area (Å²) in [6.07, 6.45) is 0. The highest BCUT2D eigenvalue weighted by Gasteiger charge is 2.03. The average molecular weight is 319 g/mol. The lowest BCUT2D eigenvalue weighted by Crippen LogP contribution is -1.95. The summed E-state index contributed by atoms with van der Waals surface area (Å²) in [5.41, 5.74) is 1.15. The normalized spacial score (nSPS) is 11.0. The fourth-order valence-electron chi connectivity index (χ4n) is 1.07. The first-order chi connectivity index (χ1) is 7.27. The number of rotatable bonds is 0. The first kappa shape index (κ1) is 14.1. The maximum Gasteiger partial charge on any atom is 0.339 e. The van der Waals surface area contributed by atoms with Crippen molar-refractivity contribution in [2.24, 2.45) is 0 Å². The number of fused-ring (bicyclic) bond motifs is 1. The summed E-state index contributed by atoms with van der Waals surface area (Å²) in [5, 5.41) is -2.42. The van der Waals surface area contributed by atoms with Crippen LogP contribution in [0.4, 0.5) is 0 Å². The molecule has 0 amide bonds. The van der Waals surface area contributed by atoms with Crippen LogP contribution in [0.1, 0.15) is 5.56 Å². The fraction of sp³-hybridized carbons (Fsp3) is 0.125. The van der Waals surface area contributed by atoms with Crippen molar-refractivity contribution < 1.29 is 4.57 Å². The zero-order valence-electron chi connectivity index (χ0n) is 8.04. The lowest BCUT2D eigenvalue weighted by atomic mass is 10.2. The molecule has 1 aromatic carbocycles. The van der Waals surface area contributed by atoms with Crippen LogP contribution in [-0.4, -0.2) is 4.37 Å². The Labute approximate surface area is 110 Å². The molecule has 1 N–H and O–H groups in total. The zero-order chi connectivity index (χ0) is 12.3. The number of aromatic nitrogens is 1. The highest BCUT2D eigenvalue weighted by molar-refractivity contribution is 8.24. The Kier molecular flexibility index (Phi) is 4.89. The van der Waals surface area contributed by atoms with Gasteiger partial charge in [0.25, 0.3) is 5.56 Å². The van der Waals surface area contributed by atoms with E-state index in [2.05, 4.69) is 38.1 Å². The predicted octanol–water partition coefficient (Wildman–Crippen LogP) is 4.71. The largest absolute Gasteiger partial charge is 0.339 e. The van der Waals surface area contributed by atoms with E-state index in [1.165, 1.54) is 11.5 Å². The van der Waals surface area contributed by atoms with Gasteiger partial charge in [-0.1, -0.05) is 23.2 Å². The molecule has 1 heterocycles. The van der Waals surface area contributed by atoms with Gasteiger partial charge in [0.15, 0.2) is 0 Å². The molecule has 0 aliphatic heterocycles. The highest BCUT2D eigenvalue weighted by atomic mass is 36.0. The van der Waals surface area contributed by atoms with Crippen LogP contribution in [0, 0.1) is 6.92 Å². The minimum atomic E-state index is -3.22. The molecule has 8 heteroatoms. The van der Waals surface area contributed by atoms with Gasteiger partial charge in [-0.05, 0) is 52.8 Å². The van der Waals surface area contributed by atoms with E-state index in [4.69, 9.17) is 0 Å². The van der Waals surface area contributed by atoms with Gasteiger partial charge < -0.3 is 0 Å². The summed E-state index contributed by atoms with van der Waals surface area (Å²) >= 11 is 15.2. The molecule has 1 aromatic heterocycles. The van der Waals surface area contributed by atoms with Gasteiger partial charge in [0.1, 0.15) is 0 Å². The molecule has 0 aliphatic rings. The van der Waals surface area contributed by atoms with E-state index in [9.17, 15) is 9.36 Å². The molecular formula is C8H7Cl3NO2PS. The van der Waals surface area contributed by atoms with Crippen LogP contribution in [-0.2, 0) is 4.57 Å². The van der Waals surface area contributed by atoms with Gasteiger partial charge in [-0.2, -0.15) is 0 Å². The number of H-pyrrole nitrogens is 1. The molecule has 0 fully saturated rings. The third-order valence-corrected chi connectivity index (χ3v) is 2.50. The van der Waals surface area contributed by atoms with Crippen molar-refractivity contribution in [3.8, 4) is 0 Å². The molecule has 0 saturated carbocycles. The molecule has 0 spiro atoms. The van der Waals surface area contributed by atoms with E-state index in [0.717, 1.165) is 15.6 Å². The van der Waals surface area contributed by atoms with Crippen LogP contribution >= 0.6 is 50.5 Å². The molecule has 0 radical (unpaired) electrons. The predicted molar refractivity (Wildman–Crippen MR) is 72.3 cm³/mol. The van der Waals surface area contributed by atoms with Crippen molar-refractivity contribution in [1.82, 2.24) is 4.37 Å². The number of halogens is 3. The van der Waals surface area contributed by atoms with Crippen LogP contribution < -0.4 is 5.56 Å². The molecular weight excluding hydrogens is 311 g/mol. The molecule has 0 bridgehead atoms. The van der Waals surface area contributed by atoms with E-state index < -0.39 is 5.20 Å². The SMILES string of the molecule is Cc1ccc2s[nH]c(=O)c2c1.O=P(Cl)(Cl)Cl. The standard InChI is InChI=1S/C8H7NOS.Cl3OP/c1-5-2-3-7-6(4-5)8(10)9-11-7;1-5(2,3)4/h2-4H,1H3,(H,9,10);. The Morgan fingerprint density at radius 2 is 1.88 bits per heavy atom. The Balaban J connectivity index is 0.000000221. The van der Waals surface area contributed by atoms with Gasteiger partial charge in [0, 0.05) is 0 Å². The van der Waals surface area contributed by atoms with E-state index in [0.29, 0.717) is 0 Å². The van der Waals surface area contributed by atoms with Crippen LogP contribution in [0.3, 0.4) is 0 Å². The Morgan fingerprint density at radius 1 is 1.31 bits per heavy atom. The summed E-state index contributed by atoms with van der Waals surface area (Å²) < 4.78 is 13.2. The summed E-state index contributed by atoms with van der Waals surface area (Å²) in [6.45, 7) is 1.98. The lowest BCUT2D eigenvalue weighted by molar-refractivity contribution is 0.600. The van der Waals surface area contributed by atoms with E-state index in [1.807, 2.05) is 25.1 Å². The number of aromatic amines is 1. The molecule has 2 aromatic rings. The summed E-state index contributed by atoms with van der Waals surface area (Å²) in [4.78, 5) is 11.1. The minimum absolute atomic E-state index is 0.0219. The molecule has 88 valence electrons. The Bertz CT molecular complexity index is 580. The number of hydrogen-bond acceptors (Lipinski definition) is 3. The first-order valence-corrected chi connectivity index (χ1v) is 9.28. The molecule has 0 saturated heterocycles. The number of hydrogen-bond donors (Lipinski definition) is 1. The van der Waals surface area contributed by atoms with Crippen LogP contribution in [0.15, 0.2) is 23.0 Å². The summed E-state index contributed by atoms with van der Waals surface area (Å²) in [6, 6.07) is 5.88. The fourth-order valence-corrected chi connectivity index (χ4v) is 1.78. The second-order valence-electron chi connectivity index (χ2n) is 2.93. The lowest BCUT2D eigenvalue weighted by Gasteiger charge is -1.88. The summed E-state index contributed by atoms with van der Waals surface area (Å²) in [5.74, 6) is 0. The van der Waals surface area contributed by atoms with E-state index >= 15 is 0 Å². The third-order valence-electron chi connectivity index (χ3n) is 1.63. The van der Waals surface area contributed by atoms with Gasteiger partial charge in [0.2, 0.25) is 0 Å². The first-order valence-electron chi connectivity index (χ1n) is 4.04. The number of aryl methyl sites for hydroxylation is 1. The molecule has 2 rings (SSSR count). The van der Waals surface area contributed by atoms with Gasteiger partial charge in [-0.25, -0.2) is 0 Å². The maximum atomic E-state index is 11.1. The molecule has 0 atom stereocenters. The van der Waals surface area contributed by atoms with Gasteiger partial charge >= 0.3 is 5.20 Å². The van der Waals surface area contributed by atoms with Crippen molar-refractivity contribution in [3.05, 3.63) is 34.1 Å². The quantitative estimate of drug-likeness (QED) is 0.715. The van der Waals surface area contributed by atoms with Crippen molar-refractivity contribution in [1.29, 1.82) is 0 Å². The van der Waals surface area contributed by atoms with Crippen molar-refractivity contribution >= 4 is 60.5 Å². The molecule has 3 nitrogen and oxygen atoms in total. The molecule has 16 heavy (non-hydrogen) atoms. The maximum absolute atomic E-state index is 11.1. The van der Waals surface area contributed by atoms with Gasteiger partial charge in [-0.3, -0.25) is 13.7 Å². The van der Waals surface area contributed by atoms with Crippen LogP contribution in [0.25, 0.3) is 10.1 Å².